The number of nitro benzene ring substituents is 1. The first-order valence-corrected chi connectivity index (χ1v) is 5.20. The Morgan fingerprint density at radius 1 is 1.35 bits per heavy atom. The third-order valence-electron chi connectivity index (χ3n) is 2.25. The molecule has 0 unspecified atom stereocenters. The van der Waals surface area contributed by atoms with Gasteiger partial charge < -0.3 is 12.9 Å². The summed E-state index contributed by atoms with van der Waals surface area (Å²) in [5.74, 6) is 0.0174. The Labute approximate surface area is 154 Å². The Morgan fingerprint density at radius 3 is 2.65 bits per heavy atom. The molecular weight excluding hydrogens is 303 g/mol. The van der Waals surface area contributed by atoms with E-state index in [1.807, 2.05) is 0 Å². The third kappa shape index (κ3) is 4.67. The van der Waals surface area contributed by atoms with Gasteiger partial charge in [-0.2, -0.15) is 5.10 Å². The van der Waals surface area contributed by atoms with Gasteiger partial charge in [-0.25, -0.2) is 4.98 Å². The van der Waals surface area contributed by atoms with Crippen LogP contribution in [0.4, 0.5) is 18.6 Å². The Hall–Kier alpha value is -0.749. The Morgan fingerprint density at radius 2 is 2.05 bits per heavy atom. The zero-order chi connectivity index (χ0) is 14.0. The normalized spacial score (nSPS) is 10.9. The second-order valence-electron chi connectivity index (χ2n) is 3.81. The van der Waals surface area contributed by atoms with E-state index < -0.39 is 18.3 Å². The Balaban J connectivity index is 0.00000200. The van der Waals surface area contributed by atoms with Gasteiger partial charge in [-0.05, 0) is 0 Å². The second kappa shape index (κ2) is 6.81. The molecule has 0 fully saturated rings. The van der Waals surface area contributed by atoms with E-state index in [2.05, 4.69) is 10.1 Å². The van der Waals surface area contributed by atoms with Gasteiger partial charge in [-0.15, -0.1) is 0 Å². The van der Waals surface area contributed by atoms with Crippen molar-refractivity contribution in [3.63, 3.8) is 0 Å². The van der Waals surface area contributed by atoms with Crippen molar-refractivity contribution < 1.29 is 69.3 Å². The van der Waals surface area contributed by atoms with Crippen molar-refractivity contribution in [1.29, 1.82) is 0 Å². The molecule has 1 aromatic carbocycles. The first-order valence-electron chi connectivity index (χ1n) is 5.20. The van der Waals surface area contributed by atoms with Crippen LogP contribution in [-0.2, 0) is 6.44 Å². The first kappa shape index (κ1) is 17.3. The number of rotatable bonds is 4. The zero-order valence-corrected chi connectivity index (χ0v) is 13.5. The quantitative estimate of drug-likeness (QED) is 0.423. The molecule has 100 valence electrons. The molecule has 0 aliphatic rings. The molecule has 0 radical (unpaired) electrons. The minimum atomic E-state index is -5.01. The monoisotopic (exact) mass is 310 g/mol. The minimum Gasteiger partial charge on any atom is -0.448 e. The van der Waals surface area contributed by atoms with Crippen LogP contribution < -0.4 is 51.4 Å². The van der Waals surface area contributed by atoms with Crippen LogP contribution in [0.1, 0.15) is 0 Å². The summed E-state index contributed by atoms with van der Waals surface area (Å²) in [5.41, 5.74) is 0.122. The maximum absolute atomic E-state index is 12.2. The van der Waals surface area contributed by atoms with Crippen LogP contribution in [0, 0.1) is 10.1 Å². The van der Waals surface area contributed by atoms with E-state index in [1.165, 1.54) is 24.3 Å². The average molecular weight is 310 g/mol. The number of nitrogens with zero attached hydrogens (tertiary/aromatic N) is 4. The molecule has 1 aromatic heterocycles. The van der Waals surface area contributed by atoms with Crippen LogP contribution in [0.25, 0.3) is 11.4 Å². The summed E-state index contributed by atoms with van der Waals surface area (Å²) in [4.78, 5) is 13.7. The zero-order valence-electron chi connectivity index (χ0n) is 10.4. The topological polar surface area (TPSA) is 73.8 Å². The van der Waals surface area contributed by atoms with Crippen LogP contribution in [0.3, 0.4) is 0 Å². The molecular formula is C9H7BF3KN4O2. The number of aromatic nitrogens is 3. The predicted octanol–water partition coefficient (Wildman–Crippen LogP) is -0.756. The predicted molar refractivity (Wildman–Crippen MR) is 61.2 cm³/mol. The van der Waals surface area contributed by atoms with Crippen molar-refractivity contribution in [3.05, 3.63) is 40.7 Å². The van der Waals surface area contributed by atoms with Crippen LogP contribution in [0.2, 0.25) is 0 Å². The fourth-order valence-corrected chi connectivity index (χ4v) is 1.49. The van der Waals surface area contributed by atoms with Crippen molar-refractivity contribution in [2.24, 2.45) is 0 Å². The number of non-ortho nitro benzene ring substituents is 1. The molecule has 0 aliphatic carbocycles. The maximum Gasteiger partial charge on any atom is 1.00 e. The van der Waals surface area contributed by atoms with Gasteiger partial charge >= 0.3 is 58.4 Å². The summed E-state index contributed by atoms with van der Waals surface area (Å²) < 4.78 is 37.3. The largest absolute Gasteiger partial charge is 1.00 e. The summed E-state index contributed by atoms with van der Waals surface area (Å²) in [7, 11) is 0. The Kier molecular flexibility index (Phi) is 5.89. The maximum atomic E-state index is 12.2. The molecule has 0 amide bonds. The van der Waals surface area contributed by atoms with Gasteiger partial charge in [0.15, 0.2) is 5.82 Å². The molecule has 11 heteroatoms. The van der Waals surface area contributed by atoms with E-state index >= 15 is 0 Å². The fourth-order valence-electron chi connectivity index (χ4n) is 1.49. The second-order valence-corrected chi connectivity index (χ2v) is 3.81. The standard InChI is InChI=1S/C9H7BF3N4O2.K/c11-10(12,13)5-16-6-14-9(15-16)7-2-1-3-8(4-7)17(18)19;/h1-4,6H,5H2;/q-1;+1. The van der Waals surface area contributed by atoms with E-state index in [4.69, 9.17) is 0 Å². The van der Waals surface area contributed by atoms with Crippen molar-refractivity contribution in [2.75, 3.05) is 0 Å². The third-order valence-corrected chi connectivity index (χ3v) is 2.25. The van der Waals surface area contributed by atoms with Crippen LogP contribution in [0.5, 0.6) is 0 Å². The number of hydrogen-bond acceptors (Lipinski definition) is 4. The molecule has 0 bridgehead atoms. The van der Waals surface area contributed by atoms with Gasteiger partial charge in [-0.3, -0.25) is 14.8 Å². The van der Waals surface area contributed by atoms with Gasteiger partial charge in [0.05, 0.1) is 4.92 Å². The molecule has 0 saturated heterocycles. The van der Waals surface area contributed by atoms with Crippen molar-refractivity contribution in [1.82, 2.24) is 14.8 Å². The van der Waals surface area contributed by atoms with E-state index in [1.54, 1.807) is 0 Å². The molecule has 2 rings (SSSR count). The molecule has 2 aromatic rings. The summed E-state index contributed by atoms with van der Waals surface area (Å²) >= 11 is 0. The summed E-state index contributed by atoms with van der Waals surface area (Å²) in [5, 5.41) is 14.2. The number of hydrogen-bond donors (Lipinski definition) is 0. The van der Waals surface area contributed by atoms with Crippen LogP contribution >= 0.6 is 0 Å². The van der Waals surface area contributed by atoms with Crippen LogP contribution in [-0.4, -0.2) is 26.7 Å². The van der Waals surface area contributed by atoms with Gasteiger partial charge in [0.1, 0.15) is 6.33 Å². The smallest absolute Gasteiger partial charge is 0.448 e. The number of nitro groups is 1. The van der Waals surface area contributed by atoms with Crippen molar-refractivity contribution >= 4 is 12.7 Å². The van der Waals surface area contributed by atoms with Crippen molar-refractivity contribution in [3.8, 4) is 11.4 Å². The summed E-state index contributed by atoms with van der Waals surface area (Å²) in [6.45, 7) is -5.01. The van der Waals surface area contributed by atoms with Crippen molar-refractivity contribution in [2.45, 2.75) is 6.44 Å². The summed E-state index contributed by atoms with van der Waals surface area (Å²) in [6.07, 6.45) is -0.245. The SMILES string of the molecule is O=[N+]([O-])c1cccc(-c2ncn(C[B-](F)(F)F)n2)c1.[K+]. The van der Waals surface area contributed by atoms with E-state index in [0.29, 0.717) is 10.2 Å². The molecule has 6 nitrogen and oxygen atoms in total. The molecule has 0 aliphatic heterocycles. The van der Waals surface area contributed by atoms with Gasteiger partial charge in [0, 0.05) is 24.1 Å². The molecule has 0 atom stereocenters. The fraction of sp³-hybridized carbons (Fsp3) is 0.111. The summed E-state index contributed by atoms with van der Waals surface area (Å²) in [6, 6.07) is 5.39. The Bertz CT molecular complexity index is 619. The molecule has 0 spiro atoms. The van der Waals surface area contributed by atoms with Gasteiger partial charge in [0.25, 0.3) is 5.69 Å². The molecule has 1 heterocycles. The van der Waals surface area contributed by atoms with E-state index in [9.17, 15) is 23.1 Å². The van der Waals surface area contributed by atoms with E-state index in [-0.39, 0.29) is 62.9 Å². The number of halogens is 3. The van der Waals surface area contributed by atoms with Gasteiger partial charge in [-0.1, -0.05) is 12.1 Å². The number of benzene rings is 1. The van der Waals surface area contributed by atoms with Crippen LogP contribution in [0.15, 0.2) is 30.6 Å². The van der Waals surface area contributed by atoms with Gasteiger partial charge in [0.2, 0.25) is 0 Å². The molecule has 0 N–H and O–H groups in total. The molecule has 20 heavy (non-hydrogen) atoms. The minimum absolute atomic E-state index is 0. The first-order chi connectivity index (χ1) is 8.85. The average Bonchev–Trinajstić information content (AvgIpc) is 2.75. The molecule has 0 saturated carbocycles. The van der Waals surface area contributed by atoms with E-state index in [0.717, 1.165) is 6.33 Å².